The normalized spacial score (nSPS) is 29.0. The van der Waals surface area contributed by atoms with E-state index < -0.39 is 0 Å². The number of hydrogen-bond acceptors (Lipinski definition) is 3. The Morgan fingerprint density at radius 1 is 1.86 bits per heavy atom. The van der Waals surface area contributed by atoms with E-state index in [0.717, 1.165) is 0 Å². The first-order valence-corrected chi connectivity index (χ1v) is 2.91. The van der Waals surface area contributed by atoms with Crippen molar-refractivity contribution >= 4 is 17.3 Å². The van der Waals surface area contributed by atoms with E-state index >= 15 is 0 Å². The van der Waals surface area contributed by atoms with Gasteiger partial charge in [0.25, 0.3) is 0 Å². The highest BCUT2D eigenvalue weighted by Gasteiger charge is 2.07. The highest BCUT2D eigenvalue weighted by Crippen LogP contribution is 2.15. The molecule has 1 radical (unpaired) electrons. The van der Waals surface area contributed by atoms with Crippen LogP contribution in [0.1, 0.15) is 0 Å². The number of aliphatic imine (C=N–C) groups is 1. The van der Waals surface area contributed by atoms with E-state index in [1.165, 1.54) is 0 Å². The van der Waals surface area contributed by atoms with E-state index in [1.54, 1.807) is 24.4 Å². The maximum Gasteiger partial charge on any atom is 0.161 e. The van der Waals surface area contributed by atoms with Gasteiger partial charge in [-0.1, -0.05) is 0 Å². The van der Waals surface area contributed by atoms with Crippen molar-refractivity contribution in [3.8, 4) is 0 Å². The molecule has 0 spiro atoms. The largest absolute Gasteiger partial charge is 0.359 e. The minimum Gasteiger partial charge on any atom is -0.359 e. The van der Waals surface area contributed by atoms with Gasteiger partial charge in [0.15, 0.2) is 6.23 Å². The lowest BCUT2D eigenvalue weighted by atomic mass is 10.7. The predicted molar refractivity (Wildman–Crippen MR) is 31.2 cm³/mol. The lowest BCUT2D eigenvalue weighted by Gasteiger charge is -1.97. The van der Waals surface area contributed by atoms with Crippen molar-refractivity contribution in [2.45, 2.75) is 6.23 Å². The molecule has 39 valence electrons. The Morgan fingerprint density at radius 3 is 3.00 bits per heavy atom. The smallest absolute Gasteiger partial charge is 0.161 e. The molecule has 0 aromatic heterocycles. The summed E-state index contributed by atoms with van der Waals surface area (Å²) < 4.78 is 4.84. The zero-order valence-electron chi connectivity index (χ0n) is 4.00. The lowest BCUT2D eigenvalue weighted by Crippen LogP contribution is -1.99. The standard InChI is InChI=1S/C4H6NOS/c1-6-4-2-7-3-5-4/h2-4H,1H3. The van der Waals surface area contributed by atoms with Gasteiger partial charge in [-0.2, -0.15) is 0 Å². The van der Waals surface area contributed by atoms with E-state index in [1.807, 2.05) is 5.75 Å². The fraction of sp³-hybridized carbons (Fsp3) is 0.500. The molecular weight excluding hydrogens is 110 g/mol. The van der Waals surface area contributed by atoms with Gasteiger partial charge in [0, 0.05) is 7.11 Å². The van der Waals surface area contributed by atoms with Gasteiger partial charge in [-0.25, -0.2) is 0 Å². The minimum atomic E-state index is 0.00463. The number of ether oxygens (including phenoxy) is 1. The molecule has 0 bridgehead atoms. The first-order chi connectivity index (χ1) is 3.43. The number of nitrogens with zero attached hydrogens (tertiary/aromatic N) is 1. The zero-order chi connectivity index (χ0) is 5.11. The molecule has 1 unspecified atom stereocenters. The van der Waals surface area contributed by atoms with Gasteiger partial charge in [0.2, 0.25) is 0 Å². The minimum absolute atomic E-state index is 0.00463. The fourth-order valence-electron chi connectivity index (χ4n) is 0.349. The predicted octanol–water partition coefficient (Wildman–Crippen LogP) is 0.896. The van der Waals surface area contributed by atoms with Crippen LogP contribution in [0.25, 0.3) is 0 Å². The third kappa shape index (κ3) is 1.17. The van der Waals surface area contributed by atoms with Crippen LogP contribution in [0.2, 0.25) is 0 Å². The first-order valence-electron chi connectivity index (χ1n) is 1.97. The summed E-state index contributed by atoms with van der Waals surface area (Å²) in [6.45, 7) is 0. The molecule has 1 heterocycles. The third-order valence-electron chi connectivity index (χ3n) is 0.705. The Labute approximate surface area is 47.0 Å². The van der Waals surface area contributed by atoms with E-state index in [2.05, 4.69) is 4.99 Å². The summed E-state index contributed by atoms with van der Waals surface area (Å²) >= 11 is 1.57. The number of methoxy groups -OCH3 is 1. The monoisotopic (exact) mass is 116 g/mol. The van der Waals surface area contributed by atoms with Crippen LogP contribution >= 0.6 is 11.8 Å². The van der Waals surface area contributed by atoms with E-state index in [9.17, 15) is 0 Å². The highest BCUT2D eigenvalue weighted by molar-refractivity contribution is 8.14. The Balaban J connectivity index is 2.28. The van der Waals surface area contributed by atoms with Crippen molar-refractivity contribution in [3.05, 3.63) is 5.75 Å². The van der Waals surface area contributed by atoms with Crippen LogP contribution in [0.5, 0.6) is 0 Å². The quantitative estimate of drug-likeness (QED) is 0.507. The van der Waals surface area contributed by atoms with Gasteiger partial charge in [-0.3, -0.25) is 4.99 Å². The second kappa shape index (κ2) is 2.33. The molecule has 0 aliphatic carbocycles. The van der Waals surface area contributed by atoms with Crippen LogP contribution in [0.3, 0.4) is 0 Å². The second-order valence-electron chi connectivity index (χ2n) is 1.15. The summed E-state index contributed by atoms with van der Waals surface area (Å²) in [6.07, 6.45) is 0.00463. The van der Waals surface area contributed by atoms with Gasteiger partial charge >= 0.3 is 0 Å². The summed E-state index contributed by atoms with van der Waals surface area (Å²) in [5.74, 6) is 1.93. The molecule has 2 nitrogen and oxygen atoms in total. The van der Waals surface area contributed by atoms with Crippen LogP contribution < -0.4 is 0 Å². The number of thioether (sulfide) groups is 1. The molecule has 1 atom stereocenters. The van der Waals surface area contributed by atoms with Crippen LogP contribution in [0.15, 0.2) is 4.99 Å². The lowest BCUT2D eigenvalue weighted by molar-refractivity contribution is 0.145. The second-order valence-corrected chi connectivity index (χ2v) is 1.91. The summed E-state index contributed by atoms with van der Waals surface area (Å²) in [6, 6.07) is 0. The molecule has 0 amide bonds. The Hall–Kier alpha value is -0.0200. The first kappa shape index (κ1) is 5.12. The van der Waals surface area contributed by atoms with Crippen molar-refractivity contribution in [1.82, 2.24) is 0 Å². The summed E-state index contributed by atoms with van der Waals surface area (Å²) in [5, 5.41) is 0. The van der Waals surface area contributed by atoms with Crippen molar-refractivity contribution in [1.29, 1.82) is 0 Å². The molecule has 1 aliphatic rings. The molecule has 7 heavy (non-hydrogen) atoms. The van der Waals surface area contributed by atoms with E-state index in [-0.39, 0.29) is 6.23 Å². The summed E-state index contributed by atoms with van der Waals surface area (Å²) in [5.41, 5.74) is 1.77. The Kier molecular flexibility index (Phi) is 1.70. The molecule has 0 aromatic carbocycles. The van der Waals surface area contributed by atoms with E-state index in [0.29, 0.717) is 0 Å². The molecule has 0 N–H and O–H groups in total. The average Bonchev–Trinajstić information content (AvgIpc) is 2.14. The molecule has 1 rings (SSSR count). The van der Waals surface area contributed by atoms with Gasteiger partial charge in [0.05, 0.1) is 11.3 Å². The molecule has 0 saturated heterocycles. The van der Waals surface area contributed by atoms with E-state index in [4.69, 9.17) is 4.74 Å². The number of hydrogen-bond donors (Lipinski definition) is 0. The van der Waals surface area contributed by atoms with Gasteiger partial charge < -0.3 is 4.74 Å². The van der Waals surface area contributed by atoms with Crippen molar-refractivity contribution in [2.75, 3.05) is 7.11 Å². The molecule has 0 fully saturated rings. The van der Waals surface area contributed by atoms with Gasteiger partial charge in [-0.05, 0) is 0 Å². The van der Waals surface area contributed by atoms with Crippen LogP contribution in [-0.2, 0) is 4.74 Å². The summed E-state index contributed by atoms with van der Waals surface area (Å²) in [7, 11) is 1.64. The Morgan fingerprint density at radius 2 is 2.71 bits per heavy atom. The van der Waals surface area contributed by atoms with Gasteiger partial charge in [-0.15, -0.1) is 11.8 Å². The molecular formula is C4H6NOS. The number of rotatable bonds is 1. The van der Waals surface area contributed by atoms with Crippen LogP contribution in [0.4, 0.5) is 0 Å². The van der Waals surface area contributed by atoms with Crippen molar-refractivity contribution in [3.63, 3.8) is 0 Å². The summed E-state index contributed by atoms with van der Waals surface area (Å²) in [4.78, 5) is 3.91. The molecule has 1 aliphatic heterocycles. The zero-order valence-corrected chi connectivity index (χ0v) is 4.81. The van der Waals surface area contributed by atoms with Gasteiger partial charge in [0.1, 0.15) is 0 Å². The van der Waals surface area contributed by atoms with Crippen molar-refractivity contribution < 1.29 is 4.74 Å². The maximum absolute atomic E-state index is 4.84. The maximum atomic E-state index is 4.84. The average molecular weight is 116 g/mol. The fourth-order valence-corrected chi connectivity index (χ4v) is 0.925. The Bertz CT molecular complexity index is 83.8. The molecule has 0 aromatic rings. The third-order valence-corrected chi connectivity index (χ3v) is 1.34. The highest BCUT2D eigenvalue weighted by atomic mass is 32.2. The van der Waals surface area contributed by atoms with Crippen LogP contribution in [-0.4, -0.2) is 18.9 Å². The topological polar surface area (TPSA) is 21.6 Å². The molecule has 0 saturated carbocycles. The van der Waals surface area contributed by atoms with Crippen LogP contribution in [0, 0.1) is 5.75 Å². The van der Waals surface area contributed by atoms with Crippen molar-refractivity contribution in [2.24, 2.45) is 4.99 Å². The molecule has 3 heteroatoms. The SMILES string of the molecule is COC1[CH]SC=N1.